The molecule has 0 saturated heterocycles. The molecule has 3 rings (SSSR count). The fourth-order valence-corrected chi connectivity index (χ4v) is 3.54. The van der Waals surface area contributed by atoms with Crippen molar-refractivity contribution >= 4 is 22.4 Å². The number of thiazole rings is 1. The second-order valence-electron chi connectivity index (χ2n) is 6.45. The highest BCUT2D eigenvalue weighted by Crippen LogP contribution is 2.42. The van der Waals surface area contributed by atoms with Crippen molar-refractivity contribution in [2.24, 2.45) is 5.41 Å². The Bertz CT molecular complexity index is 828. The number of carbonyl (C=O) groups is 1. The van der Waals surface area contributed by atoms with E-state index in [-0.39, 0.29) is 17.6 Å². The zero-order valence-electron chi connectivity index (χ0n) is 14.1. The predicted molar refractivity (Wildman–Crippen MR) is 101 cm³/mol. The number of amides is 1. The molecule has 1 heterocycles. The van der Waals surface area contributed by atoms with Gasteiger partial charge in [-0.05, 0) is 23.3 Å². The van der Waals surface area contributed by atoms with E-state index in [1.807, 2.05) is 61.7 Å². The number of benzene rings is 2. The molecule has 0 aliphatic carbocycles. The number of aromatic nitrogens is 1. The number of aromatic hydroxyl groups is 1. The predicted octanol–water partition coefficient (Wildman–Crippen LogP) is 4.65. The third-order valence-corrected chi connectivity index (χ3v) is 5.01. The Morgan fingerprint density at radius 3 is 2.32 bits per heavy atom. The fraction of sp³-hybridized carbons (Fsp3) is 0.200. The number of carbonyl (C=O) groups excluding carboxylic acids is 1. The van der Waals surface area contributed by atoms with Crippen LogP contribution in [0.25, 0.3) is 0 Å². The third-order valence-electron chi connectivity index (χ3n) is 4.32. The van der Waals surface area contributed by atoms with Gasteiger partial charge < -0.3 is 10.4 Å². The van der Waals surface area contributed by atoms with E-state index in [1.165, 1.54) is 11.3 Å². The lowest BCUT2D eigenvalue weighted by Gasteiger charge is -2.33. The van der Waals surface area contributed by atoms with Crippen LogP contribution in [0.1, 0.15) is 30.9 Å². The monoisotopic (exact) mass is 352 g/mol. The van der Waals surface area contributed by atoms with E-state index in [9.17, 15) is 9.90 Å². The summed E-state index contributed by atoms with van der Waals surface area (Å²) >= 11 is 1.40. The van der Waals surface area contributed by atoms with Gasteiger partial charge in [0, 0.05) is 17.5 Å². The Balaban J connectivity index is 2.00. The Hall–Kier alpha value is -2.66. The molecule has 0 aliphatic heterocycles. The van der Waals surface area contributed by atoms with Crippen LogP contribution in [0.4, 0.5) is 5.13 Å². The molecule has 2 aromatic carbocycles. The first-order valence-electron chi connectivity index (χ1n) is 8.03. The van der Waals surface area contributed by atoms with Crippen LogP contribution in [0.5, 0.6) is 5.75 Å². The molecule has 2 N–H and O–H groups in total. The van der Waals surface area contributed by atoms with Crippen LogP contribution >= 0.6 is 11.3 Å². The van der Waals surface area contributed by atoms with Crippen molar-refractivity contribution in [3.8, 4) is 5.75 Å². The number of anilines is 1. The minimum atomic E-state index is -0.718. The van der Waals surface area contributed by atoms with Gasteiger partial charge in [-0.3, -0.25) is 4.79 Å². The van der Waals surface area contributed by atoms with Crippen molar-refractivity contribution in [1.82, 2.24) is 4.98 Å². The Morgan fingerprint density at radius 2 is 1.72 bits per heavy atom. The summed E-state index contributed by atoms with van der Waals surface area (Å²) in [6.45, 7) is 3.86. The van der Waals surface area contributed by atoms with Gasteiger partial charge >= 0.3 is 0 Å². The maximum atomic E-state index is 13.0. The van der Waals surface area contributed by atoms with Crippen LogP contribution in [-0.2, 0) is 4.79 Å². The SMILES string of the molecule is CC(C)(C(=O)Nc1nccs1)[C@H](c1ccccc1)c1ccc(O)cc1. The molecule has 0 radical (unpaired) electrons. The molecule has 5 heteroatoms. The van der Waals surface area contributed by atoms with Crippen molar-refractivity contribution in [2.75, 3.05) is 5.32 Å². The first kappa shape index (κ1) is 17.2. The highest BCUT2D eigenvalue weighted by atomic mass is 32.1. The minimum absolute atomic E-state index is 0.0932. The Kier molecular flexibility index (Phi) is 4.86. The molecule has 0 bridgehead atoms. The average molecular weight is 352 g/mol. The molecule has 1 atom stereocenters. The van der Waals surface area contributed by atoms with E-state index in [1.54, 1.807) is 18.3 Å². The third kappa shape index (κ3) is 3.72. The van der Waals surface area contributed by atoms with Gasteiger partial charge in [0.25, 0.3) is 0 Å². The van der Waals surface area contributed by atoms with Gasteiger partial charge in [0.05, 0.1) is 5.41 Å². The molecular weight excluding hydrogens is 332 g/mol. The fourth-order valence-electron chi connectivity index (χ4n) is 3.01. The summed E-state index contributed by atoms with van der Waals surface area (Å²) in [5, 5.41) is 14.9. The van der Waals surface area contributed by atoms with E-state index in [2.05, 4.69) is 10.3 Å². The summed E-state index contributed by atoms with van der Waals surface area (Å²) in [7, 11) is 0. The number of hydrogen-bond donors (Lipinski definition) is 2. The zero-order valence-corrected chi connectivity index (χ0v) is 15.0. The van der Waals surface area contributed by atoms with Crippen LogP contribution in [0.3, 0.4) is 0 Å². The molecule has 3 aromatic rings. The minimum Gasteiger partial charge on any atom is -0.508 e. The van der Waals surface area contributed by atoms with Gasteiger partial charge in [-0.1, -0.05) is 56.3 Å². The van der Waals surface area contributed by atoms with Crippen molar-refractivity contribution in [3.63, 3.8) is 0 Å². The second-order valence-corrected chi connectivity index (χ2v) is 7.34. The number of phenolic OH excluding ortho intramolecular Hbond substituents is 1. The smallest absolute Gasteiger partial charge is 0.232 e. The molecule has 0 unspecified atom stereocenters. The van der Waals surface area contributed by atoms with E-state index in [0.29, 0.717) is 5.13 Å². The lowest BCUT2D eigenvalue weighted by molar-refractivity contribution is -0.124. The maximum Gasteiger partial charge on any atom is 0.232 e. The highest BCUT2D eigenvalue weighted by Gasteiger charge is 2.39. The molecule has 1 amide bonds. The van der Waals surface area contributed by atoms with Crippen LogP contribution in [-0.4, -0.2) is 16.0 Å². The molecule has 1 aromatic heterocycles. The van der Waals surface area contributed by atoms with E-state index >= 15 is 0 Å². The molecule has 4 nitrogen and oxygen atoms in total. The number of hydrogen-bond acceptors (Lipinski definition) is 4. The molecule has 128 valence electrons. The number of phenols is 1. The highest BCUT2D eigenvalue weighted by molar-refractivity contribution is 7.13. The largest absolute Gasteiger partial charge is 0.508 e. The standard InChI is InChI=1S/C20H20N2O2S/c1-20(2,18(24)22-19-21-12-13-25-19)17(14-6-4-3-5-7-14)15-8-10-16(23)11-9-15/h3-13,17,23H,1-2H3,(H,21,22,24)/t17-/m1/s1. The summed E-state index contributed by atoms with van der Waals surface area (Å²) in [6.07, 6.45) is 1.67. The first-order valence-corrected chi connectivity index (χ1v) is 8.91. The Labute approximate surface area is 151 Å². The van der Waals surface area contributed by atoms with E-state index < -0.39 is 5.41 Å². The van der Waals surface area contributed by atoms with Crippen molar-refractivity contribution in [1.29, 1.82) is 0 Å². The van der Waals surface area contributed by atoms with Gasteiger partial charge in [-0.15, -0.1) is 11.3 Å². The number of nitrogens with one attached hydrogen (secondary N) is 1. The topological polar surface area (TPSA) is 62.2 Å². The first-order chi connectivity index (χ1) is 12.0. The molecule has 0 aliphatic rings. The zero-order chi connectivity index (χ0) is 17.9. The number of rotatable bonds is 5. The lowest BCUT2D eigenvalue weighted by atomic mass is 9.70. The summed E-state index contributed by atoms with van der Waals surface area (Å²) in [6, 6.07) is 17.0. The van der Waals surface area contributed by atoms with Gasteiger partial charge in [-0.25, -0.2) is 4.98 Å². The number of nitrogens with zero attached hydrogens (tertiary/aromatic N) is 1. The second kappa shape index (κ2) is 7.07. The van der Waals surface area contributed by atoms with Crippen LogP contribution < -0.4 is 5.32 Å². The normalized spacial score (nSPS) is 12.6. The van der Waals surface area contributed by atoms with Crippen molar-refractivity contribution < 1.29 is 9.90 Å². The summed E-state index contributed by atoms with van der Waals surface area (Å²) in [4.78, 5) is 17.1. The quantitative estimate of drug-likeness (QED) is 0.703. The van der Waals surface area contributed by atoms with Crippen molar-refractivity contribution in [3.05, 3.63) is 77.3 Å². The molecule has 25 heavy (non-hydrogen) atoms. The van der Waals surface area contributed by atoms with Gasteiger partial charge in [0.2, 0.25) is 5.91 Å². The Morgan fingerprint density at radius 1 is 1.08 bits per heavy atom. The average Bonchev–Trinajstić information content (AvgIpc) is 3.11. The summed E-state index contributed by atoms with van der Waals surface area (Å²) in [5.41, 5.74) is 1.31. The van der Waals surface area contributed by atoms with E-state index in [4.69, 9.17) is 0 Å². The maximum absolute atomic E-state index is 13.0. The lowest BCUT2D eigenvalue weighted by Crippen LogP contribution is -2.37. The summed E-state index contributed by atoms with van der Waals surface area (Å²) in [5.74, 6) is -0.0424. The molecule has 0 fully saturated rings. The molecule has 0 saturated carbocycles. The molecular formula is C20H20N2O2S. The van der Waals surface area contributed by atoms with Gasteiger partial charge in [-0.2, -0.15) is 0 Å². The van der Waals surface area contributed by atoms with Gasteiger partial charge in [0.15, 0.2) is 5.13 Å². The van der Waals surface area contributed by atoms with E-state index in [0.717, 1.165) is 11.1 Å². The van der Waals surface area contributed by atoms with Crippen LogP contribution in [0.2, 0.25) is 0 Å². The summed E-state index contributed by atoms with van der Waals surface area (Å²) < 4.78 is 0. The molecule has 0 spiro atoms. The van der Waals surface area contributed by atoms with Crippen LogP contribution in [0, 0.1) is 5.41 Å². The van der Waals surface area contributed by atoms with Gasteiger partial charge in [0.1, 0.15) is 5.75 Å². The van der Waals surface area contributed by atoms with Crippen molar-refractivity contribution in [2.45, 2.75) is 19.8 Å². The van der Waals surface area contributed by atoms with Crippen LogP contribution in [0.15, 0.2) is 66.2 Å².